The lowest BCUT2D eigenvalue weighted by molar-refractivity contribution is 0.0136. The summed E-state index contributed by atoms with van der Waals surface area (Å²) >= 11 is 0. The van der Waals surface area contributed by atoms with Crippen molar-refractivity contribution in [1.82, 2.24) is 15.2 Å². The van der Waals surface area contributed by atoms with Gasteiger partial charge in [-0.15, -0.1) is 0 Å². The molecule has 1 fully saturated rings. The molecule has 4 rings (SSSR count). The number of benzene rings is 1. The fraction of sp³-hybridized carbons (Fsp3) is 0.550. The van der Waals surface area contributed by atoms with E-state index in [4.69, 9.17) is 4.74 Å². The number of rotatable bonds is 0. The van der Waals surface area contributed by atoms with E-state index >= 15 is 0 Å². The molecule has 1 saturated heterocycles. The van der Waals surface area contributed by atoms with Crippen molar-refractivity contribution >= 4 is 17.0 Å². The van der Waals surface area contributed by atoms with Crippen molar-refractivity contribution in [1.29, 1.82) is 0 Å². The van der Waals surface area contributed by atoms with Crippen molar-refractivity contribution in [3.8, 4) is 0 Å². The van der Waals surface area contributed by atoms with Crippen LogP contribution in [-0.2, 0) is 16.7 Å². The first-order chi connectivity index (χ1) is 11.9. The Bertz CT molecular complexity index is 795. The minimum Gasteiger partial charge on any atom is -0.444 e. The van der Waals surface area contributed by atoms with E-state index < -0.39 is 5.60 Å². The van der Waals surface area contributed by atoms with E-state index in [0.29, 0.717) is 0 Å². The van der Waals surface area contributed by atoms with E-state index in [2.05, 4.69) is 34.6 Å². The number of nitrogens with one attached hydrogen (secondary N) is 2. The van der Waals surface area contributed by atoms with Crippen LogP contribution in [0.4, 0.5) is 4.79 Å². The van der Waals surface area contributed by atoms with Crippen molar-refractivity contribution in [2.45, 2.75) is 51.2 Å². The minimum atomic E-state index is -0.445. The standard InChI is InChI=1S/C20H27N3O2/c1-19(2,3)25-18(24)23-12-9-20(10-13-23)17-15(8-11-21-20)14-6-4-5-7-16(14)22-17/h4-7,21-22H,8-13H2,1-3H3. The average Bonchev–Trinajstić information content (AvgIpc) is 2.95. The molecule has 0 bridgehead atoms. The average molecular weight is 341 g/mol. The number of nitrogens with zero attached hydrogens (tertiary/aromatic N) is 1. The summed E-state index contributed by atoms with van der Waals surface area (Å²) in [6.07, 6.45) is 2.67. The molecule has 0 aliphatic carbocycles. The third-order valence-corrected chi connectivity index (χ3v) is 5.40. The van der Waals surface area contributed by atoms with Crippen LogP contribution in [0, 0.1) is 0 Å². The molecule has 1 aromatic heterocycles. The van der Waals surface area contributed by atoms with Crippen molar-refractivity contribution < 1.29 is 9.53 Å². The Labute approximate surface area is 148 Å². The largest absolute Gasteiger partial charge is 0.444 e. The topological polar surface area (TPSA) is 57.4 Å². The van der Waals surface area contributed by atoms with E-state index in [1.807, 2.05) is 25.7 Å². The maximum Gasteiger partial charge on any atom is 0.410 e. The first kappa shape index (κ1) is 16.5. The molecule has 134 valence electrons. The molecular formula is C20H27N3O2. The Hall–Kier alpha value is -2.01. The molecule has 25 heavy (non-hydrogen) atoms. The highest BCUT2D eigenvalue weighted by Crippen LogP contribution is 2.40. The molecule has 0 radical (unpaired) electrons. The SMILES string of the molecule is CC(C)(C)OC(=O)N1CCC2(CC1)NCCc1c2[nH]c2ccccc12. The zero-order valence-corrected chi connectivity index (χ0v) is 15.3. The maximum atomic E-state index is 12.3. The summed E-state index contributed by atoms with van der Waals surface area (Å²) in [6, 6.07) is 8.54. The van der Waals surface area contributed by atoms with Gasteiger partial charge in [-0.25, -0.2) is 4.79 Å². The molecule has 5 nitrogen and oxygen atoms in total. The van der Waals surface area contributed by atoms with E-state index in [9.17, 15) is 4.79 Å². The van der Waals surface area contributed by atoms with E-state index in [-0.39, 0.29) is 11.6 Å². The number of fused-ring (bicyclic) bond motifs is 4. The molecule has 2 aliphatic rings. The number of aromatic nitrogens is 1. The summed E-state index contributed by atoms with van der Waals surface area (Å²) in [7, 11) is 0. The normalized spacial score (nSPS) is 19.9. The second-order valence-corrected chi connectivity index (χ2v) is 8.25. The van der Waals surface area contributed by atoms with E-state index in [0.717, 1.165) is 38.9 Å². The van der Waals surface area contributed by atoms with Gasteiger partial charge in [-0.05, 0) is 51.7 Å². The van der Waals surface area contributed by atoms with Crippen LogP contribution in [-0.4, -0.2) is 41.2 Å². The van der Waals surface area contributed by atoms with Gasteiger partial charge in [-0.2, -0.15) is 0 Å². The number of aromatic amines is 1. The Morgan fingerprint density at radius 3 is 2.64 bits per heavy atom. The molecule has 1 spiro atoms. The lowest BCUT2D eigenvalue weighted by Crippen LogP contribution is -2.55. The van der Waals surface area contributed by atoms with Gasteiger partial charge in [-0.1, -0.05) is 18.2 Å². The number of carbonyl (C=O) groups is 1. The third-order valence-electron chi connectivity index (χ3n) is 5.40. The number of hydrogen-bond acceptors (Lipinski definition) is 3. The van der Waals surface area contributed by atoms with Gasteiger partial charge in [0.25, 0.3) is 0 Å². The number of ether oxygens (including phenoxy) is 1. The smallest absolute Gasteiger partial charge is 0.410 e. The molecule has 2 N–H and O–H groups in total. The first-order valence-electron chi connectivity index (χ1n) is 9.21. The van der Waals surface area contributed by atoms with Gasteiger partial charge in [0.05, 0.1) is 5.54 Å². The number of piperidine rings is 1. The van der Waals surface area contributed by atoms with Crippen molar-refractivity contribution in [2.75, 3.05) is 19.6 Å². The predicted octanol–water partition coefficient (Wildman–Crippen LogP) is 3.54. The molecule has 0 atom stereocenters. The van der Waals surface area contributed by atoms with Crippen LogP contribution in [0.15, 0.2) is 24.3 Å². The molecule has 1 amide bonds. The van der Waals surface area contributed by atoms with Gasteiger partial charge in [0.2, 0.25) is 0 Å². The maximum absolute atomic E-state index is 12.3. The molecule has 2 aliphatic heterocycles. The Kier molecular flexibility index (Phi) is 3.80. The lowest BCUT2D eigenvalue weighted by atomic mass is 9.79. The zero-order valence-electron chi connectivity index (χ0n) is 15.3. The van der Waals surface area contributed by atoms with Gasteiger partial charge < -0.3 is 19.9 Å². The van der Waals surface area contributed by atoms with Crippen LogP contribution < -0.4 is 5.32 Å². The summed E-state index contributed by atoms with van der Waals surface area (Å²) in [5.41, 5.74) is 3.49. The van der Waals surface area contributed by atoms with Crippen LogP contribution in [0.1, 0.15) is 44.9 Å². The number of H-pyrrole nitrogens is 1. The van der Waals surface area contributed by atoms with Crippen LogP contribution in [0.3, 0.4) is 0 Å². The fourth-order valence-electron chi connectivity index (χ4n) is 4.21. The highest BCUT2D eigenvalue weighted by molar-refractivity contribution is 5.85. The van der Waals surface area contributed by atoms with Crippen LogP contribution in [0.5, 0.6) is 0 Å². The Morgan fingerprint density at radius 2 is 1.92 bits per heavy atom. The lowest BCUT2D eigenvalue weighted by Gasteiger charge is -2.44. The summed E-state index contributed by atoms with van der Waals surface area (Å²) in [5, 5.41) is 5.09. The summed E-state index contributed by atoms with van der Waals surface area (Å²) in [4.78, 5) is 17.9. The molecule has 0 unspecified atom stereocenters. The zero-order chi connectivity index (χ0) is 17.7. The molecule has 2 aromatic rings. The monoisotopic (exact) mass is 341 g/mol. The number of amides is 1. The molecule has 5 heteroatoms. The van der Waals surface area contributed by atoms with Gasteiger partial charge >= 0.3 is 6.09 Å². The predicted molar refractivity (Wildman–Crippen MR) is 98.7 cm³/mol. The summed E-state index contributed by atoms with van der Waals surface area (Å²) in [6.45, 7) is 8.16. The van der Waals surface area contributed by atoms with E-state index in [1.54, 1.807) is 0 Å². The Morgan fingerprint density at radius 1 is 1.20 bits per heavy atom. The summed E-state index contributed by atoms with van der Waals surface area (Å²) in [5.74, 6) is 0. The minimum absolute atomic E-state index is 0.0505. The van der Waals surface area contributed by atoms with Crippen LogP contribution in [0.25, 0.3) is 10.9 Å². The highest BCUT2D eigenvalue weighted by atomic mass is 16.6. The Balaban J connectivity index is 1.57. The fourth-order valence-corrected chi connectivity index (χ4v) is 4.21. The van der Waals surface area contributed by atoms with Gasteiger partial charge in [-0.3, -0.25) is 0 Å². The van der Waals surface area contributed by atoms with Crippen molar-refractivity contribution in [3.05, 3.63) is 35.5 Å². The van der Waals surface area contributed by atoms with Crippen molar-refractivity contribution in [2.24, 2.45) is 0 Å². The van der Waals surface area contributed by atoms with Crippen LogP contribution in [0.2, 0.25) is 0 Å². The van der Waals surface area contributed by atoms with Crippen LogP contribution >= 0.6 is 0 Å². The first-order valence-corrected chi connectivity index (χ1v) is 9.21. The van der Waals surface area contributed by atoms with Gasteiger partial charge in [0, 0.05) is 36.2 Å². The third kappa shape index (κ3) is 2.91. The quantitative estimate of drug-likeness (QED) is 0.770. The van der Waals surface area contributed by atoms with E-state index in [1.165, 1.54) is 22.2 Å². The molecule has 1 aromatic carbocycles. The molecule has 3 heterocycles. The summed E-state index contributed by atoms with van der Waals surface area (Å²) < 4.78 is 5.53. The number of carbonyl (C=O) groups excluding carboxylic acids is 1. The molecule has 0 saturated carbocycles. The number of hydrogen-bond donors (Lipinski definition) is 2. The van der Waals surface area contributed by atoms with Gasteiger partial charge in [0.15, 0.2) is 0 Å². The second kappa shape index (κ2) is 5.77. The number of para-hydroxylation sites is 1. The number of likely N-dealkylation sites (tertiary alicyclic amines) is 1. The highest BCUT2D eigenvalue weighted by Gasteiger charge is 2.42. The van der Waals surface area contributed by atoms with Gasteiger partial charge in [0.1, 0.15) is 5.60 Å². The van der Waals surface area contributed by atoms with Crippen molar-refractivity contribution in [3.63, 3.8) is 0 Å². The molecular weight excluding hydrogens is 314 g/mol. The second-order valence-electron chi connectivity index (χ2n) is 8.25.